The van der Waals surface area contributed by atoms with Crippen LogP contribution in [0.5, 0.6) is 0 Å². The molecule has 8 nitrogen and oxygen atoms in total. The minimum atomic E-state index is -0.355. The first-order chi connectivity index (χ1) is 16.1. The Balaban J connectivity index is 1.49. The number of fused-ring (bicyclic) bond motifs is 1. The third kappa shape index (κ3) is 5.30. The Bertz CT molecular complexity index is 1110. The number of aliphatic hydroxyl groups is 1. The number of carbonyl (C=O) groups excluding carboxylic acids is 2. The zero-order chi connectivity index (χ0) is 23.2. The fraction of sp³-hybridized carbons (Fsp3) is 0.320. The maximum Gasteiger partial charge on any atom is 0.337 e. The van der Waals surface area contributed by atoms with E-state index in [1.54, 1.807) is 16.8 Å². The maximum absolute atomic E-state index is 13.0. The van der Waals surface area contributed by atoms with Crippen LogP contribution in [0.3, 0.4) is 0 Å². The minimum Gasteiger partial charge on any atom is -0.465 e. The van der Waals surface area contributed by atoms with Crippen LogP contribution < -0.4 is 5.32 Å². The highest BCUT2D eigenvalue weighted by molar-refractivity contribution is 5.94. The molecule has 1 aliphatic rings. The van der Waals surface area contributed by atoms with Crippen molar-refractivity contribution in [1.82, 2.24) is 20.0 Å². The first kappa shape index (κ1) is 22.7. The van der Waals surface area contributed by atoms with Crippen molar-refractivity contribution in [3.8, 4) is 0 Å². The van der Waals surface area contributed by atoms with Crippen LogP contribution in [0.25, 0.3) is 0 Å². The van der Waals surface area contributed by atoms with Gasteiger partial charge in [-0.3, -0.25) is 14.4 Å². The monoisotopic (exact) mass is 448 g/mol. The molecule has 3 aromatic rings. The zero-order valence-corrected chi connectivity index (χ0v) is 18.7. The fourth-order valence-corrected chi connectivity index (χ4v) is 4.13. The van der Waals surface area contributed by atoms with Gasteiger partial charge in [-0.25, -0.2) is 4.79 Å². The van der Waals surface area contributed by atoms with Crippen molar-refractivity contribution >= 4 is 11.9 Å². The summed E-state index contributed by atoms with van der Waals surface area (Å²) < 4.78 is 6.52. The summed E-state index contributed by atoms with van der Waals surface area (Å²) in [6, 6.07) is 17.1. The van der Waals surface area contributed by atoms with Gasteiger partial charge in [0.05, 0.1) is 25.8 Å². The molecular formula is C25H28N4O4. The molecule has 2 heterocycles. The standard InChI is InChI=1S/C25H28N4O4/c1-33-25(32)20-9-7-19(8-10-20)16-28-12-11-22-21(17-28)23(27-29(22)13-14-30)24(31)26-15-18-5-3-2-4-6-18/h2-10,30H,11-17H2,1H3,(H,26,31). The Kier molecular flexibility index (Phi) is 7.16. The van der Waals surface area contributed by atoms with E-state index in [1.165, 1.54) is 7.11 Å². The number of esters is 1. The molecule has 33 heavy (non-hydrogen) atoms. The van der Waals surface area contributed by atoms with Crippen LogP contribution in [0.2, 0.25) is 0 Å². The van der Waals surface area contributed by atoms with Gasteiger partial charge in [-0.2, -0.15) is 5.10 Å². The molecule has 1 aromatic heterocycles. The second-order valence-corrected chi connectivity index (χ2v) is 8.04. The summed E-state index contributed by atoms with van der Waals surface area (Å²) in [6.45, 7) is 2.86. The van der Waals surface area contributed by atoms with Gasteiger partial charge in [-0.05, 0) is 23.3 Å². The number of amides is 1. The molecule has 0 atom stereocenters. The first-order valence-corrected chi connectivity index (χ1v) is 11.0. The van der Waals surface area contributed by atoms with Crippen molar-refractivity contribution in [2.24, 2.45) is 0 Å². The lowest BCUT2D eigenvalue weighted by Gasteiger charge is -2.27. The first-order valence-electron chi connectivity index (χ1n) is 11.0. The summed E-state index contributed by atoms with van der Waals surface area (Å²) in [5, 5.41) is 17.0. The van der Waals surface area contributed by atoms with E-state index in [2.05, 4.69) is 15.3 Å². The van der Waals surface area contributed by atoms with Crippen LogP contribution in [0.1, 0.15) is 43.2 Å². The number of ether oxygens (including phenoxy) is 1. The number of benzene rings is 2. The van der Waals surface area contributed by atoms with Crippen LogP contribution in [-0.4, -0.2) is 51.9 Å². The van der Waals surface area contributed by atoms with Crippen LogP contribution in [0, 0.1) is 0 Å². The zero-order valence-electron chi connectivity index (χ0n) is 18.7. The quantitative estimate of drug-likeness (QED) is 0.513. The number of methoxy groups -OCH3 is 1. The average molecular weight is 449 g/mol. The van der Waals surface area contributed by atoms with Gasteiger partial charge in [0.1, 0.15) is 0 Å². The number of carbonyl (C=O) groups is 2. The summed E-state index contributed by atoms with van der Waals surface area (Å²) >= 11 is 0. The van der Waals surface area contributed by atoms with Crippen molar-refractivity contribution in [2.75, 3.05) is 20.3 Å². The van der Waals surface area contributed by atoms with Gasteiger partial charge in [0.2, 0.25) is 0 Å². The molecule has 1 aliphatic heterocycles. The van der Waals surface area contributed by atoms with Gasteiger partial charge in [0.15, 0.2) is 5.69 Å². The fourth-order valence-electron chi connectivity index (χ4n) is 4.13. The molecule has 1 amide bonds. The number of hydrogen-bond donors (Lipinski definition) is 2. The Labute approximate surface area is 192 Å². The lowest BCUT2D eigenvalue weighted by Crippen LogP contribution is -2.32. The molecule has 172 valence electrons. The Hall–Kier alpha value is -3.49. The highest BCUT2D eigenvalue weighted by Gasteiger charge is 2.28. The largest absolute Gasteiger partial charge is 0.465 e. The topological polar surface area (TPSA) is 96.7 Å². The van der Waals surface area contributed by atoms with Gasteiger partial charge < -0.3 is 15.2 Å². The van der Waals surface area contributed by atoms with Crippen molar-refractivity contribution < 1.29 is 19.4 Å². The summed E-state index contributed by atoms with van der Waals surface area (Å²) in [4.78, 5) is 26.9. The summed E-state index contributed by atoms with van der Waals surface area (Å²) in [5.74, 6) is -0.567. The third-order valence-corrected chi connectivity index (χ3v) is 5.82. The number of rotatable bonds is 8. The number of nitrogens with zero attached hydrogens (tertiary/aromatic N) is 3. The van der Waals surface area contributed by atoms with Crippen LogP contribution in [-0.2, 0) is 37.3 Å². The van der Waals surface area contributed by atoms with E-state index in [1.807, 2.05) is 42.5 Å². The van der Waals surface area contributed by atoms with Gasteiger partial charge in [0.25, 0.3) is 5.91 Å². The lowest BCUT2D eigenvalue weighted by molar-refractivity contribution is 0.0600. The summed E-state index contributed by atoms with van der Waals surface area (Å²) in [7, 11) is 1.37. The molecular weight excluding hydrogens is 420 g/mol. The smallest absolute Gasteiger partial charge is 0.337 e. The second kappa shape index (κ2) is 10.4. The molecule has 0 radical (unpaired) electrons. The summed E-state index contributed by atoms with van der Waals surface area (Å²) in [6.07, 6.45) is 0.745. The van der Waals surface area contributed by atoms with E-state index in [0.29, 0.717) is 37.4 Å². The molecule has 2 aromatic carbocycles. The Morgan fingerprint density at radius 1 is 1.09 bits per heavy atom. The number of nitrogens with one attached hydrogen (secondary N) is 1. The molecule has 4 rings (SSSR count). The van der Waals surface area contributed by atoms with E-state index >= 15 is 0 Å². The molecule has 0 bridgehead atoms. The van der Waals surface area contributed by atoms with E-state index < -0.39 is 0 Å². The van der Waals surface area contributed by atoms with E-state index in [-0.39, 0.29) is 18.5 Å². The number of hydrogen-bond acceptors (Lipinski definition) is 6. The Morgan fingerprint density at radius 3 is 2.55 bits per heavy atom. The molecule has 0 fully saturated rings. The molecule has 0 aliphatic carbocycles. The molecule has 2 N–H and O–H groups in total. The van der Waals surface area contributed by atoms with Crippen LogP contribution >= 0.6 is 0 Å². The average Bonchev–Trinajstić information content (AvgIpc) is 3.21. The van der Waals surface area contributed by atoms with Crippen molar-refractivity contribution in [3.63, 3.8) is 0 Å². The predicted octanol–water partition coefficient (Wildman–Crippen LogP) is 2.15. The SMILES string of the molecule is COC(=O)c1ccc(CN2CCc3c(c(C(=O)NCc4ccccc4)nn3CCO)C2)cc1. The van der Waals surface area contributed by atoms with Gasteiger partial charge in [0, 0.05) is 43.9 Å². The van der Waals surface area contributed by atoms with E-state index in [9.17, 15) is 14.7 Å². The van der Waals surface area contributed by atoms with E-state index in [0.717, 1.165) is 35.3 Å². The lowest BCUT2D eigenvalue weighted by atomic mass is 10.0. The van der Waals surface area contributed by atoms with E-state index in [4.69, 9.17) is 4.74 Å². The van der Waals surface area contributed by atoms with Crippen LogP contribution in [0.4, 0.5) is 0 Å². The van der Waals surface area contributed by atoms with Gasteiger partial charge in [-0.1, -0.05) is 42.5 Å². The number of aliphatic hydroxyl groups excluding tert-OH is 1. The highest BCUT2D eigenvalue weighted by atomic mass is 16.5. The molecule has 8 heteroatoms. The van der Waals surface area contributed by atoms with Crippen molar-refractivity contribution in [1.29, 1.82) is 0 Å². The van der Waals surface area contributed by atoms with Crippen molar-refractivity contribution in [3.05, 3.63) is 88.2 Å². The molecule has 0 saturated heterocycles. The summed E-state index contributed by atoms with van der Waals surface area (Å²) in [5.41, 5.74) is 4.94. The van der Waals surface area contributed by atoms with Gasteiger partial charge in [-0.15, -0.1) is 0 Å². The minimum absolute atomic E-state index is 0.0323. The third-order valence-electron chi connectivity index (χ3n) is 5.82. The normalized spacial score (nSPS) is 13.4. The molecule has 0 saturated carbocycles. The predicted molar refractivity (Wildman–Crippen MR) is 123 cm³/mol. The highest BCUT2D eigenvalue weighted by Crippen LogP contribution is 2.24. The molecule has 0 unspecified atom stereocenters. The molecule has 0 spiro atoms. The maximum atomic E-state index is 13.0. The second-order valence-electron chi connectivity index (χ2n) is 8.04. The Morgan fingerprint density at radius 2 is 1.85 bits per heavy atom. The van der Waals surface area contributed by atoms with Crippen LogP contribution in [0.15, 0.2) is 54.6 Å². The van der Waals surface area contributed by atoms with Gasteiger partial charge >= 0.3 is 5.97 Å². The number of aromatic nitrogens is 2. The van der Waals surface area contributed by atoms with Crippen molar-refractivity contribution in [2.45, 2.75) is 32.6 Å².